The molecule has 0 aromatic heterocycles. The summed E-state index contributed by atoms with van der Waals surface area (Å²) in [5, 5.41) is 14.3. The summed E-state index contributed by atoms with van der Waals surface area (Å²) in [6, 6.07) is 2.00. The van der Waals surface area contributed by atoms with Gasteiger partial charge in [0.2, 0.25) is 5.91 Å². The number of nitrogens with zero attached hydrogens (tertiary/aromatic N) is 1. The number of hydrogen-bond acceptors (Lipinski definition) is 4. The number of carbonyl (C=O) groups is 1. The predicted octanol–water partition coefficient (Wildman–Crippen LogP) is 1.28. The Bertz CT molecular complexity index is 282. The minimum Gasteiger partial charge on any atom is -0.354 e. The van der Waals surface area contributed by atoms with Crippen LogP contribution in [-0.4, -0.2) is 36.5 Å². The van der Waals surface area contributed by atoms with Gasteiger partial charge in [-0.3, -0.25) is 4.79 Å². The second-order valence-corrected chi connectivity index (χ2v) is 5.73. The molecule has 0 radical (unpaired) electrons. The van der Waals surface area contributed by atoms with E-state index in [2.05, 4.69) is 16.9 Å². The van der Waals surface area contributed by atoms with Crippen molar-refractivity contribution in [3.8, 4) is 6.07 Å². The Kier molecular flexibility index (Phi) is 6.38. The molecule has 96 valence electrons. The minimum absolute atomic E-state index is 0.0190. The van der Waals surface area contributed by atoms with Crippen molar-refractivity contribution in [3.05, 3.63) is 0 Å². The van der Waals surface area contributed by atoms with Crippen LogP contribution in [0.15, 0.2) is 0 Å². The fraction of sp³-hybridized carbons (Fsp3) is 0.833. The lowest BCUT2D eigenvalue weighted by Gasteiger charge is -2.26. The average molecular weight is 255 g/mol. The second kappa shape index (κ2) is 7.57. The Morgan fingerprint density at radius 2 is 2.18 bits per heavy atom. The molecule has 1 saturated carbocycles. The number of thioether (sulfide) groups is 1. The first-order valence-corrected chi connectivity index (χ1v) is 7.34. The monoisotopic (exact) mass is 255 g/mol. The van der Waals surface area contributed by atoms with E-state index in [-0.39, 0.29) is 5.91 Å². The van der Waals surface area contributed by atoms with E-state index in [0.29, 0.717) is 24.3 Å². The Morgan fingerprint density at radius 1 is 1.47 bits per heavy atom. The molecule has 1 aliphatic rings. The van der Waals surface area contributed by atoms with Gasteiger partial charge >= 0.3 is 0 Å². The van der Waals surface area contributed by atoms with Crippen molar-refractivity contribution in [3.63, 3.8) is 0 Å². The van der Waals surface area contributed by atoms with Crippen LogP contribution >= 0.6 is 11.8 Å². The molecule has 0 saturated heterocycles. The van der Waals surface area contributed by atoms with E-state index in [1.54, 1.807) is 0 Å². The van der Waals surface area contributed by atoms with Gasteiger partial charge < -0.3 is 10.6 Å². The number of hydrogen-bond donors (Lipinski definition) is 2. The summed E-state index contributed by atoms with van der Waals surface area (Å²) in [4.78, 5) is 11.4. The standard InChI is InChI=1S/C12H21N3OS/c1-17-12(5-2-3-6-12)10-14-9-11(16)15-8-4-7-13/h14H,2-6,8-10H2,1H3,(H,15,16). The highest BCUT2D eigenvalue weighted by atomic mass is 32.2. The molecular formula is C12H21N3OS. The third-order valence-corrected chi connectivity index (χ3v) is 4.66. The smallest absolute Gasteiger partial charge is 0.233 e. The SMILES string of the molecule is CSC1(CNCC(=O)NCCC#N)CCCC1. The quantitative estimate of drug-likeness (QED) is 0.673. The summed E-state index contributed by atoms with van der Waals surface area (Å²) in [6.45, 7) is 1.71. The van der Waals surface area contributed by atoms with Gasteiger partial charge in [-0.15, -0.1) is 0 Å². The summed E-state index contributed by atoms with van der Waals surface area (Å²) in [5.41, 5.74) is 0. The van der Waals surface area contributed by atoms with Gasteiger partial charge in [0.05, 0.1) is 19.0 Å². The van der Waals surface area contributed by atoms with Crippen LogP contribution in [-0.2, 0) is 4.79 Å². The molecule has 0 aromatic carbocycles. The predicted molar refractivity (Wildman–Crippen MR) is 70.8 cm³/mol. The lowest BCUT2D eigenvalue weighted by Crippen LogP contribution is -2.41. The fourth-order valence-corrected chi connectivity index (χ4v) is 3.14. The van der Waals surface area contributed by atoms with Crippen molar-refractivity contribution in [2.75, 3.05) is 25.9 Å². The van der Waals surface area contributed by atoms with Crippen molar-refractivity contribution in [2.45, 2.75) is 36.9 Å². The van der Waals surface area contributed by atoms with E-state index in [4.69, 9.17) is 5.26 Å². The number of carbonyl (C=O) groups excluding carboxylic acids is 1. The first-order valence-electron chi connectivity index (χ1n) is 6.12. The number of nitriles is 1. The summed E-state index contributed by atoms with van der Waals surface area (Å²) >= 11 is 1.92. The normalized spacial score (nSPS) is 17.6. The molecule has 0 unspecified atom stereocenters. The van der Waals surface area contributed by atoms with Crippen LogP contribution in [0.3, 0.4) is 0 Å². The molecule has 0 aromatic rings. The number of rotatable bonds is 7. The van der Waals surface area contributed by atoms with Gasteiger partial charge in [0.1, 0.15) is 0 Å². The molecule has 1 aliphatic carbocycles. The van der Waals surface area contributed by atoms with Gasteiger partial charge in [-0.1, -0.05) is 12.8 Å². The van der Waals surface area contributed by atoms with Gasteiger partial charge in [-0.2, -0.15) is 17.0 Å². The molecule has 17 heavy (non-hydrogen) atoms. The molecule has 0 heterocycles. The van der Waals surface area contributed by atoms with E-state index < -0.39 is 0 Å². The van der Waals surface area contributed by atoms with Crippen molar-refractivity contribution in [2.24, 2.45) is 0 Å². The first-order chi connectivity index (χ1) is 8.22. The largest absolute Gasteiger partial charge is 0.354 e. The Labute approximate surface area is 108 Å². The van der Waals surface area contributed by atoms with Crippen molar-refractivity contribution >= 4 is 17.7 Å². The maximum Gasteiger partial charge on any atom is 0.233 e. The molecule has 0 spiro atoms. The highest BCUT2D eigenvalue weighted by Crippen LogP contribution is 2.39. The van der Waals surface area contributed by atoms with Gasteiger partial charge in [-0.25, -0.2) is 0 Å². The van der Waals surface area contributed by atoms with Crippen LogP contribution in [0.4, 0.5) is 0 Å². The van der Waals surface area contributed by atoms with Crippen LogP contribution in [0.1, 0.15) is 32.1 Å². The molecule has 2 N–H and O–H groups in total. The van der Waals surface area contributed by atoms with Gasteiger partial charge in [0, 0.05) is 17.8 Å². The van der Waals surface area contributed by atoms with Crippen molar-refractivity contribution in [1.29, 1.82) is 5.26 Å². The maximum absolute atomic E-state index is 11.4. The van der Waals surface area contributed by atoms with Gasteiger partial charge in [0.25, 0.3) is 0 Å². The van der Waals surface area contributed by atoms with E-state index in [9.17, 15) is 4.79 Å². The molecule has 1 fully saturated rings. The van der Waals surface area contributed by atoms with Crippen molar-refractivity contribution < 1.29 is 4.79 Å². The summed E-state index contributed by atoms with van der Waals surface area (Å²) < 4.78 is 0.340. The summed E-state index contributed by atoms with van der Waals surface area (Å²) in [6.07, 6.45) is 7.63. The van der Waals surface area contributed by atoms with E-state index >= 15 is 0 Å². The topological polar surface area (TPSA) is 64.9 Å². The van der Waals surface area contributed by atoms with E-state index in [1.807, 2.05) is 17.8 Å². The second-order valence-electron chi connectivity index (χ2n) is 4.46. The maximum atomic E-state index is 11.4. The molecular weight excluding hydrogens is 234 g/mol. The third-order valence-electron chi connectivity index (χ3n) is 3.24. The van der Waals surface area contributed by atoms with E-state index in [1.165, 1.54) is 25.7 Å². The zero-order chi connectivity index (χ0) is 12.6. The average Bonchev–Trinajstić information content (AvgIpc) is 2.79. The van der Waals surface area contributed by atoms with Gasteiger partial charge in [-0.05, 0) is 19.1 Å². The Morgan fingerprint density at radius 3 is 2.76 bits per heavy atom. The molecule has 4 nitrogen and oxygen atoms in total. The van der Waals surface area contributed by atoms with Crippen LogP contribution in [0, 0.1) is 11.3 Å². The molecule has 0 atom stereocenters. The van der Waals surface area contributed by atoms with Crippen LogP contribution in [0.2, 0.25) is 0 Å². The van der Waals surface area contributed by atoms with Crippen LogP contribution < -0.4 is 10.6 Å². The summed E-state index contributed by atoms with van der Waals surface area (Å²) in [5.74, 6) is -0.0190. The lowest BCUT2D eigenvalue weighted by atomic mass is 10.1. The lowest BCUT2D eigenvalue weighted by molar-refractivity contribution is -0.120. The highest BCUT2D eigenvalue weighted by molar-refractivity contribution is 8.00. The fourth-order valence-electron chi connectivity index (χ4n) is 2.20. The Hall–Kier alpha value is -0.730. The highest BCUT2D eigenvalue weighted by Gasteiger charge is 2.32. The Balaban J connectivity index is 2.14. The van der Waals surface area contributed by atoms with Crippen LogP contribution in [0.5, 0.6) is 0 Å². The summed E-state index contributed by atoms with van der Waals surface area (Å²) in [7, 11) is 0. The first kappa shape index (κ1) is 14.3. The van der Waals surface area contributed by atoms with Gasteiger partial charge in [0.15, 0.2) is 0 Å². The molecule has 1 amide bonds. The van der Waals surface area contributed by atoms with Crippen molar-refractivity contribution in [1.82, 2.24) is 10.6 Å². The number of amides is 1. The molecule has 0 bridgehead atoms. The van der Waals surface area contributed by atoms with Crippen LogP contribution in [0.25, 0.3) is 0 Å². The third kappa shape index (κ3) is 4.97. The minimum atomic E-state index is -0.0190. The number of nitrogens with one attached hydrogen (secondary N) is 2. The molecule has 0 aliphatic heterocycles. The molecule has 1 rings (SSSR count). The molecule has 5 heteroatoms. The van der Waals surface area contributed by atoms with E-state index in [0.717, 1.165) is 6.54 Å². The zero-order valence-corrected chi connectivity index (χ0v) is 11.2. The zero-order valence-electron chi connectivity index (χ0n) is 10.4.